The van der Waals surface area contributed by atoms with E-state index in [1.54, 1.807) is 6.07 Å². The van der Waals surface area contributed by atoms with Crippen molar-refractivity contribution in [1.29, 1.82) is 0 Å². The summed E-state index contributed by atoms with van der Waals surface area (Å²) < 4.78 is 15.8. The molecule has 2 aromatic rings. The van der Waals surface area contributed by atoms with E-state index in [2.05, 4.69) is 29.8 Å². The van der Waals surface area contributed by atoms with E-state index in [1.165, 1.54) is 12.8 Å². The van der Waals surface area contributed by atoms with E-state index in [0.29, 0.717) is 5.54 Å². The van der Waals surface area contributed by atoms with E-state index in [9.17, 15) is 4.39 Å². The standard InChI is InChI=1S/C15H19FN2/c1-11-12-6-9-18(14(12)5-4-13(11)16)10-15(7-8-15)17(2)3/h4-6,9H,7-8,10H2,1-3H3. The summed E-state index contributed by atoms with van der Waals surface area (Å²) in [7, 11) is 4.28. The van der Waals surface area contributed by atoms with E-state index < -0.39 is 0 Å². The molecule has 0 N–H and O–H groups in total. The number of benzene rings is 1. The fraction of sp³-hybridized carbons (Fsp3) is 0.467. The molecule has 0 unspecified atom stereocenters. The highest BCUT2D eigenvalue weighted by atomic mass is 19.1. The first kappa shape index (κ1) is 11.7. The predicted octanol–water partition coefficient (Wildman–Crippen LogP) is 3.18. The molecule has 0 aliphatic heterocycles. The Morgan fingerprint density at radius 3 is 2.61 bits per heavy atom. The maximum atomic E-state index is 13.5. The third kappa shape index (κ3) is 1.65. The Labute approximate surface area is 107 Å². The number of hydrogen-bond donors (Lipinski definition) is 0. The van der Waals surface area contributed by atoms with E-state index in [4.69, 9.17) is 0 Å². The summed E-state index contributed by atoms with van der Waals surface area (Å²) in [5.41, 5.74) is 2.21. The minimum absolute atomic E-state index is 0.117. The van der Waals surface area contributed by atoms with Crippen molar-refractivity contribution in [3.8, 4) is 0 Å². The molecule has 3 rings (SSSR count). The molecule has 96 valence electrons. The van der Waals surface area contributed by atoms with Crippen LogP contribution in [0.4, 0.5) is 4.39 Å². The highest BCUT2D eigenvalue weighted by Crippen LogP contribution is 2.42. The highest BCUT2D eigenvalue weighted by Gasteiger charge is 2.45. The monoisotopic (exact) mass is 246 g/mol. The van der Waals surface area contributed by atoms with Crippen LogP contribution in [0.2, 0.25) is 0 Å². The van der Waals surface area contributed by atoms with Crippen LogP contribution >= 0.6 is 0 Å². The van der Waals surface area contributed by atoms with Crippen molar-refractivity contribution in [1.82, 2.24) is 9.47 Å². The van der Waals surface area contributed by atoms with Crippen LogP contribution in [0, 0.1) is 12.7 Å². The van der Waals surface area contributed by atoms with Crippen molar-refractivity contribution in [2.75, 3.05) is 14.1 Å². The average molecular weight is 246 g/mol. The number of aryl methyl sites for hydroxylation is 1. The van der Waals surface area contributed by atoms with E-state index in [0.717, 1.165) is 23.0 Å². The Morgan fingerprint density at radius 2 is 2.00 bits per heavy atom. The normalized spacial score (nSPS) is 17.6. The quantitative estimate of drug-likeness (QED) is 0.807. The van der Waals surface area contributed by atoms with Crippen molar-refractivity contribution in [3.63, 3.8) is 0 Å². The zero-order chi connectivity index (χ0) is 12.9. The molecule has 0 radical (unpaired) electrons. The van der Waals surface area contributed by atoms with Crippen molar-refractivity contribution in [3.05, 3.63) is 35.8 Å². The van der Waals surface area contributed by atoms with Gasteiger partial charge in [-0.1, -0.05) is 0 Å². The summed E-state index contributed by atoms with van der Waals surface area (Å²) in [6, 6.07) is 5.49. The van der Waals surface area contributed by atoms with Crippen LogP contribution < -0.4 is 0 Å². The molecule has 0 bridgehead atoms. The SMILES string of the molecule is Cc1c(F)ccc2c1ccn2CC1(N(C)C)CC1. The number of nitrogens with zero attached hydrogens (tertiary/aromatic N) is 2. The van der Waals surface area contributed by atoms with Gasteiger partial charge in [0.25, 0.3) is 0 Å². The highest BCUT2D eigenvalue weighted by molar-refractivity contribution is 5.83. The molecule has 18 heavy (non-hydrogen) atoms. The van der Waals surface area contributed by atoms with Gasteiger partial charge in [-0.25, -0.2) is 4.39 Å². The van der Waals surface area contributed by atoms with E-state index in [1.807, 2.05) is 19.1 Å². The molecule has 3 heteroatoms. The Morgan fingerprint density at radius 1 is 1.28 bits per heavy atom. The number of halogens is 1. The Kier molecular flexibility index (Phi) is 2.49. The van der Waals surface area contributed by atoms with Gasteiger partial charge in [0.2, 0.25) is 0 Å². The van der Waals surface area contributed by atoms with Gasteiger partial charge in [0.15, 0.2) is 0 Å². The topological polar surface area (TPSA) is 8.17 Å². The van der Waals surface area contributed by atoms with Crippen LogP contribution in [0.3, 0.4) is 0 Å². The summed E-state index contributed by atoms with van der Waals surface area (Å²) in [6.45, 7) is 2.84. The lowest BCUT2D eigenvalue weighted by Gasteiger charge is -2.24. The molecule has 0 amide bonds. The fourth-order valence-electron chi connectivity index (χ4n) is 2.74. The van der Waals surface area contributed by atoms with Crippen LogP contribution in [0.1, 0.15) is 18.4 Å². The number of aromatic nitrogens is 1. The molecule has 2 nitrogen and oxygen atoms in total. The lowest BCUT2D eigenvalue weighted by molar-refractivity contribution is 0.244. The molecule has 1 aliphatic rings. The first-order chi connectivity index (χ1) is 8.53. The van der Waals surface area contributed by atoms with Gasteiger partial charge in [-0.2, -0.15) is 0 Å². The summed E-state index contributed by atoms with van der Waals surface area (Å²) in [4.78, 5) is 2.31. The second kappa shape index (κ2) is 3.82. The van der Waals surface area contributed by atoms with Crippen LogP contribution in [0.25, 0.3) is 10.9 Å². The van der Waals surface area contributed by atoms with Gasteiger partial charge >= 0.3 is 0 Å². The number of rotatable bonds is 3. The zero-order valence-corrected chi connectivity index (χ0v) is 11.2. The Bertz CT molecular complexity index is 594. The van der Waals surface area contributed by atoms with Gasteiger partial charge < -0.3 is 9.47 Å². The molecule has 1 fully saturated rings. The molecular formula is C15H19FN2. The molecule has 1 aliphatic carbocycles. The summed E-state index contributed by atoms with van der Waals surface area (Å²) >= 11 is 0. The molecule has 0 atom stereocenters. The van der Waals surface area contributed by atoms with Gasteiger partial charge in [0.1, 0.15) is 5.82 Å². The maximum Gasteiger partial charge on any atom is 0.126 e. The predicted molar refractivity (Wildman–Crippen MR) is 72.3 cm³/mol. The molecule has 0 spiro atoms. The number of fused-ring (bicyclic) bond motifs is 1. The summed E-state index contributed by atoms with van der Waals surface area (Å²) in [5, 5.41) is 1.03. The van der Waals surface area contributed by atoms with Crippen molar-refractivity contribution in [2.45, 2.75) is 31.8 Å². The van der Waals surface area contributed by atoms with Crippen LogP contribution in [0.15, 0.2) is 24.4 Å². The van der Waals surface area contributed by atoms with Crippen LogP contribution in [-0.4, -0.2) is 29.1 Å². The molecular weight excluding hydrogens is 227 g/mol. The van der Waals surface area contributed by atoms with Gasteiger partial charge in [0, 0.05) is 29.2 Å². The molecule has 1 saturated carbocycles. The Balaban J connectivity index is 2.02. The number of hydrogen-bond acceptors (Lipinski definition) is 1. The molecule has 1 aromatic heterocycles. The van der Waals surface area contributed by atoms with Crippen LogP contribution in [-0.2, 0) is 6.54 Å². The molecule has 1 heterocycles. The minimum Gasteiger partial charge on any atom is -0.346 e. The third-order valence-electron chi connectivity index (χ3n) is 4.40. The fourth-order valence-corrected chi connectivity index (χ4v) is 2.74. The van der Waals surface area contributed by atoms with Gasteiger partial charge in [-0.15, -0.1) is 0 Å². The lowest BCUT2D eigenvalue weighted by Crippen LogP contribution is -2.34. The zero-order valence-electron chi connectivity index (χ0n) is 11.2. The number of likely N-dealkylation sites (N-methyl/N-ethyl adjacent to an activating group) is 1. The summed E-state index contributed by atoms with van der Waals surface area (Å²) in [5.74, 6) is -0.117. The average Bonchev–Trinajstić information content (AvgIpc) is 3.00. The summed E-state index contributed by atoms with van der Waals surface area (Å²) in [6.07, 6.45) is 4.58. The van der Waals surface area contributed by atoms with Gasteiger partial charge in [-0.3, -0.25) is 0 Å². The Hall–Kier alpha value is -1.35. The minimum atomic E-state index is -0.117. The smallest absolute Gasteiger partial charge is 0.126 e. The van der Waals surface area contributed by atoms with E-state index in [-0.39, 0.29) is 5.82 Å². The third-order valence-corrected chi connectivity index (χ3v) is 4.40. The molecule has 0 saturated heterocycles. The van der Waals surface area contributed by atoms with Gasteiger partial charge in [0.05, 0.1) is 0 Å². The first-order valence-electron chi connectivity index (χ1n) is 6.45. The van der Waals surface area contributed by atoms with E-state index >= 15 is 0 Å². The first-order valence-corrected chi connectivity index (χ1v) is 6.45. The largest absolute Gasteiger partial charge is 0.346 e. The van der Waals surface area contributed by atoms with Gasteiger partial charge in [-0.05, 0) is 57.6 Å². The van der Waals surface area contributed by atoms with Crippen molar-refractivity contribution >= 4 is 10.9 Å². The second-order valence-corrected chi connectivity index (χ2v) is 5.67. The maximum absolute atomic E-state index is 13.5. The lowest BCUT2D eigenvalue weighted by atomic mass is 10.1. The van der Waals surface area contributed by atoms with Crippen molar-refractivity contribution in [2.24, 2.45) is 0 Å². The van der Waals surface area contributed by atoms with Crippen LogP contribution in [0.5, 0.6) is 0 Å². The molecule has 1 aromatic carbocycles. The van der Waals surface area contributed by atoms with Crippen molar-refractivity contribution < 1.29 is 4.39 Å². The second-order valence-electron chi connectivity index (χ2n) is 5.67.